The molecule has 0 aliphatic heterocycles. The molecule has 0 aliphatic rings. The van der Waals surface area contributed by atoms with Gasteiger partial charge in [-0.2, -0.15) is 0 Å². The lowest BCUT2D eigenvalue weighted by Crippen LogP contribution is -2.41. The van der Waals surface area contributed by atoms with E-state index in [0.717, 1.165) is 12.1 Å². The van der Waals surface area contributed by atoms with Crippen molar-refractivity contribution in [1.29, 1.82) is 0 Å². The van der Waals surface area contributed by atoms with Crippen molar-refractivity contribution in [1.82, 2.24) is 20.6 Å². The predicted molar refractivity (Wildman–Crippen MR) is 107 cm³/mol. The Morgan fingerprint density at radius 2 is 1.66 bits per heavy atom. The number of aromatic amines is 2. The van der Waals surface area contributed by atoms with Gasteiger partial charge in [-0.1, -0.05) is 0 Å². The number of amides is 2. The Morgan fingerprint density at radius 1 is 1.00 bits per heavy atom. The first kappa shape index (κ1) is 22.2. The highest BCUT2D eigenvalue weighted by Crippen LogP contribution is 2.07. The van der Waals surface area contributed by atoms with Crippen LogP contribution >= 0.6 is 0 Å². The highest BCUT2D eigenvalue weighted by molar-refractivity contribution is 5.95. The SMILES string of the molecule is COC(=O)C(CCCCN)NC(=O)c1ccc(CNC(=O)c2ccc(CN)[nH]2)[nH]1. The van der Waals surface area contributed by atoms with Gasteiger partial charge in [0.15, 0.2) is 0 Å². The Morgan fingerprint density at radius 3 is 2.28 bits per heavy atom. The normalized spacial score (nSPS) is 11.7. The number of carbonyl (C=O) groups excluding carboxylic acids is 3. The smallest absolute Gasteiger partial charge is 0.328 e. The number of hydrogen-bond donors (Lipinski definition) is 6. The summed E-state index contributed by atoms with van der Waals surface area (Å²) in [5.74, 6) is -1.21. The van der Waals surface area contributed by atoms with Crippen molar-refractivity contribution in [3.8, 4) is 0 Å². The van der Waals surface area contributed by atoms with Crippen LogP contribution in [0.3, 0.4) is 0 Å². The van der Waals surface area contributed by atoms with Crippen molar-refractivity contribution in [2.24, 2.45) is 11.5 Å². The van der Waals surface area contributed by atoms with Crippen LogP contribution < -0.4 is 22.1 Å². The number of methoxy groups -OCH3 is 1. The second-order valence-electron chi connectivity index (χ2n) is 6.51. The molecule has 0 radical (unpaired) electrons. The molecule has 2 amide bonds. The van der Waals surface area contributed by atoms with E-state index in [0.29, 0.717) is 37.3 Å². The van der Waals surface area contributed by atoms with Crippen LogP contribution in [-0.4, -0.2) is 47.4 Å². The lowest BCUT2D eigenvalue weighted by atomic mass is 10.1. The molecule has 0 saturated carbocycles. The lowest BCUT2D eigenvalue weighted by molar-refractivity contribution is -0.143. The van der Waals surface area contributed by atoms with Gasteiger partial charge in [0.25, 0.3) is 11.8 Å². The first-order valence-electron chi connectivity index (χ1n) is 9.41. The van der Waals surface area contributed by atoms with Crippen molar-refractivity contribution >= 4 is 17.8 Å². The Balaban J connectivity index is 1.90. The Hall–Kier alpha value is -3.11. The van der Waals surface area contributed by atoms with E-state index < -0.39 is 17.9 Å². The first-order chi connectivity index (χ1) is 14.0. The molecule has 0 aliphatic carbocycles. The fourth-order valence-corrected chi connectivity index (χ4v) is 2.76. The molecule has 2 aromatic heterocycles. The van der Waals surface area contributed by atoms with Gasteiger partial charge in [-0.05, 0) is 50.1 Å². The van der Waals surface area contributed by atoms with E-state index in [1.165, 1.54) is 7.11 Å². The molecule has 8 N–H and O–H groups in total. The lowest BCUT2D eigenvalue weighted by Gasteiger charge is -2.15. The summed E-state index contributed by atoms with van der Waals surface area (Å²) in [7, 11) is 1.28. The zero-order valence-electron chi connectivity index (χ0n) is 16.4. The van der Waals surface area contributed by atoms with E-state index in [2.05, 4.69) is 20.6 Å². The summed E-state index contributed by atoms with van der Waals surface area (Å²) in [5, 5.41) is 5.41. The van der Waals surface area contributed by atoms with Crippen LogP contribution in [0.4, 0.5) is 0 Å². The topological polar surface area (TPSA) is 168 Å². The number of aromatic nitrogens is 2. The maximum Gasteiger partial charge on any atom is 0.328 e. The zero-order chi connectivity index (χ0) is 21.2. The number of hydrogen-bond acceptors (Lipinski definition) is 6. The number of rotatable bonds is 11. The van der Waals surface area contributed by atoms with Gasteiger partial charge in [-0.3, -0.25) is 9.59 Å². The van der Waals surface area contributed by atoms with Gasteiger partial charge >= 0.3 is 5.97 Å². The average molecular weight is 404 g/mol. The molecule has 2 aromatic rings. The number of nitrogens with one attached hydrogen (secondary N) is 4. The van der Waals surface area contributed by atoms with Crippen LogP contribution in [0.15, 0.2) is 24.3 Å². The number of esters is 1. The van der Waals surface area contributed by atoms with E-state index in [1.54, 1.807) is 24.3 Å². The van der Waals surface area contributed by atoms with Gasteiger partial charge in [0.05, 0.1) is 13.7 Å². The zero-order valence-corrected chi connectivity index (χ0v) is 16.4. The number of ether oxygens (including phenoxy) is 1. The molecule has 0 fully saturated rings. The predicted octanol–water partition coefficient (Wildman–Crippen LogP) is 0.132. The summed E-state index contributed by atoms with van der Waals surface area (Å²) in [6.07, 6.45) is 1.90. The van der Waals surface area contributed by atoms with E-state index in [9.17, 15) is 14.4 Å². The molecule has 2 rings (SSSR count). The Kier molecular flexibility index (Phi) is 8.44. The summed E-state index contributed by atoms with van der Waals surface area (Å²) in [4.78, 5) is 42.3. The van der Waals surface area contributed by atoms with Crippen LogP contribution in [0.5, 0.6) is 0 Å². The van der Waals surface area contributed by atoms with Crippen molar-refractivity contribution < 1.29 is 19.1 Å². The van der Waals surface area contributed by atoms with E-state index in [1.807, 2.05) is 0 Å². The van der Waals surface area contributed by atoms with Crippen LogP contribution in [0.2, 0.25) is 0 Å². The summed E-state index contributed by atoms with van der Waals surface area (Å²) < 4.78 is 4.75. The molecule has 10 nitrogen and oxygen atoms in total. The second kappa shape index (κ2) is 11.0. The summed E-state index contributed by atoms with van der Waals surface area (Å²) in [6.45, 7) is 1.05. The van der Waals surface area contributed by atoms with Gasteiger partial charge in [-0.25, -0.2) is 4.79 Å². The van der Waals surface area contributed by atoms with Gasteiger partial charge in [0, 0.05) is 17.9 Å². The monoisotopic (exact) mass is 404 g/mol. The molecule has 1 atom stereocenters. The highest BCUT2D eigenvalue weighted by atomic mass is 16.5. The average Bonchev–Trinajstić information content (AvgIpc) is 3.40. The van der Waals surface area contributed by atoms with Gasteiger partial charge in [0.2, 0.25) is 0 Å². The standard InChI is InChI=1S/C19H28N6O4/c1-29-19(28)16(4-2-3-9-20)25-18(27)15-8-6-13(24-15)11-22-17(26)14-7-5-12(10-21)23-14/h5-8,16,23-24H,2-4,9-11,20-21H2,1H3,(H,22,26)(H,25,27). The minimum atomic E-state index is -0.741. The highest BCUT2D eigenvalue weighted by Gasteiger charge is 2.22. The first-order valence-corrected chi connectivity index (χ1v) is 9.41. The minimum absolute atomic E-state index is 0.208. The quantitative estimate of drug-likeness (QED) is 0.230. The summed E-state index contributed by atoms with van der Waals surface area (Å²) >= 11 is 0. The maximum absolute atomic E-state index is 12.4. The van der Waals surface area contributed by atoms with Crippen molar-refractivity contribution in [2.75, 3.05) is 13.7 Å². The number of carbonyl (C=O) groups is 3. The Bertz CT molecular complexity index is 828. The third-order valence-electron chi connectivity index (χ3n) is 4.38. The minimum Gasteiger partial charge on any atom is -0.467 e. The fourth-order valence-electron chi connectivity index (χ4n) is 2.76. The van der Waals surface area contributed by atoms with Crippen LogP contribution in [0.1, 0.15) is 51.6 Å². The molecule has 0 saturated heterocycles. The van der Waals surface area contributed by atoms with Crippen molar-refractivity contribution in [2.45, 2.75) is 38.4 Å². The third kappa shape index (κ3) is 6.47. The van der Waals surface area contributed by atoms with Crippen molar-refractivity contribution in [3.05, 3.63) is 47.0 Å². The molecule has 0 aromatic carbocycles. The molecule has 1 unspecified atom stereocenters. The molecule has 158 valence electrons. The molecular formula is C19H28N6O4. The largest absolute Gasteiger partial charge is 0.467 e. The second-order valence-corrected chi connectivity index (χ2v) is 6.51. The number of nitrogens with two attached hydrogens (primary N) is 2. The van der Waals surface area contributed by atoms with Crippen LogP contribution in [0, 0.1) is 0 Å². The van der Waals surface area contributed by atoms with Gasteiger partial charge in [-0.15, -0.1) is 0 Å². The van der Waals surface area contributed by atoms with E-state index >= 15 is 0 Å². The third-order valence-corrected chi connectivity index (χ3v) is 4.38. The maximum atomic E-state index is 12.4. The summed E-state index contributed by atoms with van der Waals surface area (Å²) in [6, 6.07) is 5.94. The van der Waals surface area contributed by atoms with E-state index in [-0.39, 0.29) is 18.1 Å². The molecule has 0 spiro atoms. The molecule has 29 heavy (non-hydrogen) atoms. The molecule has 10 heteroatoms. The van der Waals surface area contributed by atoms with Crippen molar-refractivity contribution in [3.63, 3.8) is 0 Å². The van der Waals surface area contributed by atoms with Gasteiger partial charge in [0.1, 0.15) is 17.4 Å². The molecular weight excluding hydrogens is 376 g/mol. The molecule has 2 heterocycles. The summed E-state index contributed by atoms with van der Waals surface area (Å²) in [5.41, 5.74) is 13.1. The number of H-pyrrole nitrogens is 2. The van der Waals surface area contributed by atoms with Crippen LogP contribution in [0.25, 0.3) is 0 Å². The van der Waals surface area contributed by atoms with E-state index in [4.69, 9.17) is 16.2 Å². The number of unbranched alkanes of at least 4 members (excludes halogenated alkanes) is 1. The fraction of sp³-hybridized carbons (Fsp3) is 0.421. The Labute approximate surface area is 168 Å². The molecule has 0 bridgehead atoms. The van der Waals surface area contributed by atoms with Crippen LogP contribution in [-0.2, 0) is 22.6 Å². The van der Waals surface area contributed by atoms with Gasteiger partial charge < -0.3 is 36.8 Å².